The fourth-order valence-corrected chi connectivity index (χ4v) is 1.80. The van der Waals surface area contributed by atoms with Crippen molar-refractivity contribution in [2.75, 3.05) is 0 Å². The minimum atomic E-state index is -2.07. The molecule has 2 aromatic rings. The van der Waals surface area contributed by atoms with Gasteiger partial charge in [-0.2, -0.15) is 0 Å². The molecular formula is C13H14FNO3. The van der Waals surface area contributed by atoms with E-state index in [0.29, 0.717) is 11.3 Å². The summed E-state index contributed by atoms with van der Waals surface area (Å²) in [6.45, 7) is 3.83. The summed E-state index contributed by atoms with van der Waals surface area (Å²) in [7, 11) is 0. The van der Waals surface area contributed by atoms with Crippen LogP contribution in [0.5, 0.6) is 5.75 Å². The molecule has 4 nitrogen and oxygen atoms in total. The van der Waals surface area contributed by atoms with Crippen LogP contribution in [-0.2, 0) is 4.79 Å². The minimum absolute atomic E-state index is 0.0532. The number of fused-ring (bicyclic) bond motifs is 1. The van der Waals surface area contributed by atoms with Gasteiger partial charge in [0.05, 0.1) is 11.6 Å². The van der Waals surface area contributed by atoms with Crippen LogP contribution in [0.1, 0.15) is 20.1 Å². The SMILES string of the molecule is CC(C)Oc1ccc2c(ccn2C(F)C(=O)O)c1. The van der Waals surface area contributed by atoms with Crippen LogP contribution in [-0.4, -0.2) is 21.7 Å². The summed E-state index contributed by atoms with van der Waals surface area (Å²) in [6, 6.07) is 6.79. The van der Waals surface area contributed by atoms with Gasteiger partial charge in [-0.15, -0.1) is 0 Å². The highest BCUT2D eigenvalue weighted by atomic mass is 19.1. The number of benzene rings is 1. The van der Waals surface area contributed by atoms with Crippen LogP contribution in [0.2, 0.25) is 0 Å². The number of nitrogens with zero attached hydrogens (tertiary/aromatic N) is 1. The molecule has 0 aliphatic carbocycles. The van der Waals surface area contributed by atoms with Gasteiger partial charge in [0.2, 0.25) is 0 Å². The molecule has 0 saturated carbocycles. The van der Waals surface area contributed by atoms with Gasteiger partial charge in [-0.05, 0) is 38.1 Å². The van der Waals surface area contributed by atoms with Gasteiger partial charge in [0.1, 0.15) is 5.75 Å². The molecule has 2 rings (SSSR count). The van der Waals surface area contributed by atoms with Gasteiger partial charge in [0.15, 0.2) is 0 Å². The first-order chi connectivity index (χ1) is 8.49. The molecule has 0 amide bonds. The lowest BCUT2D eigenvalue weighted by molar-refractivity contribution is -0.146. The molecule has 1 atom stereocenters. The summed E-state index contributed by atoms with van der Waals surface area (Å²) in [5.41, 5.74) is 0.529. The highest BCUT2D eigenvalue weighted by molar-refractivity contribution is 5.83. The maximum Gasteiger partial charge on any atom is 0.359 e. The quantitative estimate of drug-likeness (QED) is 0.908. The summed E-state index contributed by atoms with van der Waals surface area (Å²) >= 11 is 0. The third kappa shape index (κ3) is 2.30. The summed E-state index contributed by atoms with van der Waals surface area (Å²) in [4.78, 5) is 10.6. The third-order valence-electron chi connectivity index (χ3n) is 2.51. The Balaban J connectivity index is 2.40. The van der Waals surface area contributed by atoms with E-state index in [1.807, 2.05) is 13.8 Å². The Bertz CT molecular complexity index is 577. The first-order valence-electron chi connectivity index (χ1n) is 5.63. The molecule has 0 spiro atoms. The van der Waals surface area contributed by atoms with Crippen molar-refractivity contribution in [1.29, 1.82) is 0 Å². The van der Waals surface area contributed by atoms with Crippen molar-refractivity contribution in [3.63, 3.8) is 0 Å². The molecule has 1 aromatic carbocycles. The molecule has 0 aliphatic heterocycles. The van der Waals surface area contributed by atoms with Gasteiger partial charge in [0, 0.05) is 11.6 Å². The van der Waals surface area contributed by atoms with E-state index in [0.717, 1.165) is 9.95 Å². The third-order valence-corrected chi connectivity index (χ3v) is 2.51. The second-order valence-electron chi connectivity index (χ2n) is 4.28. The van der Waals surface area contributed by atoms with Crippen molar-refractivity contribution in [2.24, 2.45) is 0 Å². The molecule has 18 heavy (non-hydrogen) atoms. The summed E-state index contributed by atoms with van der Waals surface area (Å²) in [5, 5.41) is 9.41. The average molecular weight is 251 g/mol. The van der Waals surface area contributed by atoms with Gasteiger partial charge in [-0.3, -0.25) is 0 Å². The average Bonchev–Trinajstić information content (AvgIpc) is 2.69. The van der Waals surface area contributed by atoms with Crippen molar-refractivity contribution in [3.8, 4) is 5.75 Å². The molecule has 1 unspecified atom stereocenters. The molecule has 0 bridgehead atoms. The zero-order chi connectivity index (χ0) is 13.3. The number of carbonyl (C=O) groups is 1. The van der Waals surface area contributed by atoms with Gasteiger partial charge < -0.3 is 14.4 Å². The molecule has 5 heteroatoms. The van der Waals surface area contributed by atoms with Gasteiger partial charge in [-0.25, -0.2) is 9.18 Å². The number of aromatic nitrogens is 1. The number of hydrogen-bond acceptors (Lipinski definition) is 2. The van der Waals surface area contributed by atoms with Crippen molar-refractivity contribution >= 4 is 16.9 Å². The van der Waals surface area contributed by atoms with Crippen molar-refractivity contribution < 1.29 is 19.0 Å². The highest BCUT2D eigenvalue weighted by Crippen LogP contribution is 2.25. The van der Waals surface area contributed by atoms with E-state index in [1.54, 1.807) is 24.3 Å². The summed E-state index contributed by atoms with van der Waals surface area (Å²) < 4.78 is 20.1. The van der Waals surface area contributed by atoms with Gasteiger partial charge >= 0.3 is 5.97 Å². The highest BCUT2D eigenvalue weighted by Gasteiger charge is 2.19. The van der Waals surface area contributed by atoms with Crippen LogP contribution in [0.3, 0.4) is 0 Å². The molecule has 1 N–H and O–H groups in total. The predicted octanol–water partition coefficient (Wildman–Crippen LogP) is 2.98. The van der Waals surface area contributed by atoms with Crippen molar-refractivity contribution in [3.05, 3.63) is 30.5 Å². The van der Waals surface area contributed by atoms with E-state index in [9.17, 15) is 9.18 Å². The maximum atomic E-state index is 13.5. The van der Waals surface area contributed by atoms with E-state index in [-0.39, 0.29) is 6.10 Å². The number of aliphatic carboxylic acids is 1. The molecular weight excluding hydrogens is 237 g/mol. The maximum absolute atomic E-state index is 13.5. The number of alkyl halides is 1. The lowest BCUT2D eigenvalue weighted by Gasteiger charge is -2.10. The van der Waals surface area contributed by atoms with Crippen LogP contribution < -0.4 is 4.74 Å². The van der Waals surface area contributed by atoms with E-state index in [4.69, 9.17) is 9.84 Å². The molecule has 0 fully saturated rings. The van der Waals surface area contributed by atoms with E-state index >= 15 is 0 Å². The predicted molar refractivity (Wildman–Crippen MR) is 65.5 cm³/mol. The topological polar surface area (TPSA) is 51.5 Å². The largest absolute Gasteiger partial charge is 0.491 e. The minimum Gasteiger partial charge on any atom is -0.491 e. The van der Waals surface area contributed by atoms with Crippen LogP contribution in [0, 0.1) is 0 Å². The van der Waals surface area contributed by atoms with E-state index < -0.39 is 12.3 Å². The second kappa shape index (κ2) is 4.68. The Morgan fingerprint density at radius 2 is 2.11 bits per heavy atom. The number of carboxylic acids is 1. The van der Waals surface area contributed by atoms with E-state index in [1.165, 1.54) is 6.20 Å². The number of rotatable bonds is 4. The molecule has 0 saturated heterocycles. The molecule has 96 valence electrons. The lowest BCUT2D eigenvalue weighted by Crippen LogP contribution is -2.13. The number of halogens is 1. The number of hydrogen-bond donors (Lipinski definition) is 1. The fourth-order valence-electron chi connectivity index (χ4n) is 1.80. The summed E-state index contributed by atoms with van der Waals surface area (Å²) in [6.07, 6.45) is -0.598. The fraction of sp³-hybridized carbons (Fsp3) is 0.308. The van der Waals surface area contributed by atoms with Gasteiger partial charge in [-0.1, -0.05) is 0 Å². The van der Waals surface area contributed by atoms with Crippen LogP contribution in [0.15, 0.2) is 30.5 Å². The van der Waals surface area contributed by atoms with Crippen molar-refractivity contribution in [1.82, 2.24) is 4.57 Å². The Morgan fingerprint density at radius 1 is 1.39 bits per heavy atom. The Labute approximate surface area is 104 Å². The van der Waals surface area contributed by atoms with Gasteiger partial charge in [0.25, 0.3) is 6.30 Å². The first-order valence-corrected chi connectivity index (χ1v) is 5.63. The lowest BCUT2D eigenvalue weighted by atomic mass is 10.2. The zero-order valence-electron chi connectivity index (χ0n) is 10.1. The second-order valence-corrected chi connectivity index (χ2v) is 4.28. The van der Waals surface area contributed by atoms with Crippen LogP contribution in [0.25, 0.3) is 10.9 Å². The summed E-state index contributed by atoms with van der Waals surface area (Å²) in [5.74, 6) is -0.823. The smallest absolute Gasteiger partial charge is 0.359 e. The van der Waals surface area contributed by atoms with Crippen LogP contribution in [0.4, 0.5) is 4.39 Å². The standard InChI is InChI=1S/C13H14FNO3/c1-8(2)18-10-3-4-11-9(7-10)5-6-15(11)12(14)13(16)17/h3-8,12H,1-2H3,(H,16,17). The van der Waals surface area contributed by atoms with E-state index in [2.05, 4.69) is 0 Å². The Morgan fingerprint density at radius 3 is 2.72 bits per heavy atom. The Hall–Kier alpha value is -2.04. The molecule has 1 heterocycles. The van der Waals surface area contributed by atoms with Crippen molar-refractivity contribution in [2.45, 2.75) is 26.2 Å². The first kappa shape index (κ1) is 12.4. The molecule has 0 aliphatic rings. The number of ether oxygens (including phenoxy) is 1. The Kier molecular flexibility index (Phi) is 3.23. The normalized spacial score (nSPS) is 12.9. The number of carboxylic acid groups (broad SMARTS) is 1. The molecule has 1 aromatic heterocycles. The van der Waals surface area contributed by atoms with Crippen LogP contribution >= 0.6 is 0 Å². The zero-order valence-corrected chi connectivity index (χ0v) is 10.1. The molecule has 0 radical (unpaired) electrons. The monoisotopic (exact) mass is 251 g/mol.